The van der Waals surface area contributed by atoms with Gasteiger partial charge in [0.2, 0.25) is 5.91 Å². The number of hydrogen-bond donors (Lipinski definition) is 3. The predicted octanol–water partition coefficient (Wildman–Crippen LogP) is 3.20. The van der Waals surface area contributed by atoms with Crippen LogP contribution in [0.5, 0.6) is 5.75 Å². The zero-order valence-electron chi connectivity index (χ0n) is 18.3. The minimum Gasteiger partial charge on any atom is -0.494 e. The number of nitrogens with one attached hydrogen (secondary N) is 3. The largest absolute Gasteiger partial charge is 0.494 e. The first-order chi connectivity index (χ1) is 15.8. The first-order valence-corrected chi connectivity index (χ1v) is 11.8. The van der Waals surface area contributed by atoms with Crippen LogP contribution in [-0.4, -0.2) is 26.8 Å². The smallest absolute Gasteiger partial charge is 0.269 e. The van der Waals surface area contributed by atoms with Crippen LogP contribution in [0, 0.1) is 6.92 Å². The number of benzene rings is 3. The molecule has 0 fully saturated rings. The molecule has 9 heteroatoms. The van der Waals surface area contributed by atoms with Gasteiger partial charge in [-0.3, -0.25) is 25.2 Å². The lowest BCUT2D eigenvalue weighted by atomic mass is 10.1. The summed E-state index contributed by atoms with van der Waals surface area (Å²) in [5.41, 5.74) is 7.20. The molecule has 0 bridgehead atoms. The first kappa shape index (κ1) is 23.8. The van der Waals surface area contributed by atoms with Crippen molar-refractivity contribution in [3.8, 4) is 5.75 Å². The molecule has 0 aliphatic heterocycles. The number of hydrogen-bond acceptors (Lipinski definition) is 5. The summed E-state index contributed by atoms with van der Waals surface area (Å²) in [7, 11) is -3.80. The summed E-state index contributed by atoms with van der Waals surface area (Å²) in [5.74, 6) is -0.294. The Balaban J connectivity index is 1.54. The molecule has 0 saturated carbocycles. The topological polar surface area (TPSA) is 114 Å². The maximum Gasteiger partial charge on any atom is 0.269 e. The Bertz CT molecular complexity index is 1210. The molecule has 3 N–H and O–H groups in total. The van der Waals surface area contributed by atoms with Crippen molar-refractivity contribution in [2.45, 2.75) is 25.2 Å². The molecule has 0 radical (unpaired) electrons. The van der Waals surface area contributed by atoms with E-state index in [0.717, 1.165) is 11.1 Å². The lowest BCUT2D eigenvalue weighted by molar-refractivity contribution is -0.121. The van der Waals surface area contributed by atoms with Crippen molar-refractivity contribution < 1.29 is 22.7 Å². The fraction of sp³-hybridized carbons (Fsp3) is 0.167. The zero-order chi connectivity index (χ0) is 23.8. The lowest BCUT2D eigenvalue weighted by Gasteiger charge is -2.10. The second-order valence-electron chi connectivity index (χ2n) is 7.25. The van der Waals surface area contributed by atoms with E-state index >= 15 is 0 Å². The Morgan fingerprint density at radius 3 is 2.09 bits per heavy atom. The summed E-state index contributed by atoms with van der Waals surface area (Å²) in [4.78, 5) is 24.4. The Hall–Kier alpha value is -3.85. The van der Waals surface area contributed by atoms with Gasteiger partial charge in [-0.25, -0.2) is 8.42 Å². The van der Waals surface area contributed by atoms with E-state index in [2.05, 4.69) is 15.6 Å². The summed E-state index contributed by atoms with van der Waals surface area (Å²) in [6.45, 7) is 4.29. The van der Waals surface area contributed by atoms with E-state index in [1.165, 1.54) is 36.4 Å². The number of carbonyl (C=O) groups excluding carboxylic acids is 2. The van der Waals surface area contributed by atoms with Crippen LogP contribution in [0.3, 0.4) is 0 Å². The molecular weight excluding hydrogens is 442 g/mol. The molecule has 0 aliphatic carbocycles. The number of aryl methyl sites for hydroxylation is 1. The summed E-state index contributed by atoms with van der Waals surface area (Å²) < 4.78 is 32.9. The van der Waals surface area contributed by atoms with Crippen LogP contribution in [0.15, 0.2) is 77.7 Å². The van der Waals surface area contributed by atoms with Gasteiger partial charge in [0.15, 0.2) is 0 Å². The quantitative estimate of drug-likeness (QED) is 0.440. The van der Waals surface area contributed by atoms with Crippen molar-refractivity contribution in [1.82, 2.24) is 10.9 Å². The van der Waals surface area contributed by atoms with Gasteiger partial charge in [0, 0.05) is 11.3 Å². The molecule has 0 aromatic heterocycles. The maximum absolute atomic E-state index is 12.6. The Labute approximate surface area is 193 Å². The molecule has 2 amide bonds. The molecule has 0 heterocycles. The van der Waals surface area contributed by atoms with Gasteiger partial charge in [0.05, 0.1) is 17.9 Å². The van der Waals surface area contributed by atoms with E-state index in [4.69, 9.17) is 4.74 Å². The number of amides is 2. The Morgan fingerprint density at radius 1 is 0.848 bits per heavy atom. The zero-order valence-corrected chi connectivity index (χ0v) is 19.1. The minimum atomic E-state index is -3.80. The van der Waals surface area contributed by atoms with E-state index in [1.807, 2.05) is 38.1 Å². The molecule has 3 rings (SSSR count). The van der Waals surface area contributed by atoms with Gasteiger partial charge in [0.1, 0.15) is 5.75 Å². The van der Waals surface area contributed by atoms with Gasteiger partial charge >= 0.3 is 0 Å². The molecule has 3 aromatic rings. The van der Waals surface area contributed by atoms with Gasteiger partial charge in [-0.1, -0.05) is 29.8 Å². The first-order valence-electron chi connectivity index (χ1n) is 10.3. The van der Waals surface area contributed by atoms with E-state index in [0.29, 0.717) is 18.0 Å². The third-order valence-electron chi connectivity index (χ3n) is 4.65. The van der Waals surface area contributed by atoms with E-state index in [9.17, 15) is 18.0 Å². The van der Waals surface area contributed by atoms with Crippen molar-refractivity contribution in [2.24, 2.45) is 0 Å². The van der Waals surface area contributed by atoms with Crippen molar-refractivity contribution in [3.63, 3.8) is 0 Å². The Kier molecular flexibility index (Phi) is 7.68. The highest BCUT2D eigenvalue weighted by Gasteiger charge is 2.15. The minimum absolute atomic E-state index is 0.0871. The van der Waals surface area contributed by atoms with Gasteiger partial charge in [-0.2, -0.15) is 0 Å². The van der Waals surface area contributed by atoms with Gasteiger partial charge in [0.25, 0.3) is 15.9 Å². The van der Waals surface area contributed by atoms with Crippen LogP contribution >= 0.6 is 0 Å². The SMILES string of the molecule is CCOc1ccc(S(=O)(=O)Nc2ccc(C(=O)NNC(=O)Cc3ccc(C)cc3)cc2)cc1. The third kappa shape index (κ3) is 6.81. The fourth-order valence-electron chi connectivity index (χ4n) is 2.92. The average molecular weight is 468 g/mol. The highest BCUT2D eigenvalue weighted by atomic mass is 32.2. The summed E-state index contributed by atoms with van der Waals surface area (Å²) in [6.07, 6.45) is 0.132. The van der Waals surface area contributed by atoms with Crippen LogP contribution in [0.25, 0.3) is 0 Å². The molecule has 0 spiro atoms. The third-order valence-corrected chi connectivity index (χ3v) is 6.04. The summed E-state index contributed by atoms with van der Waals surface area (Å²) in [6, 6.07) is 19.4. The van der Waals surface area contributed by atoms with Crippen molar-refractivity contribution in [2.75, 3.05) is 11.3 Å². The van der Waals surface area contributed by atoms with Gasteiger partial charge in [-0.05, 0) is 67.9 Å². The molecule has 0 aliphatic rings. The number of ether oxygens (including phenoxy) is 1. The van der Waals surface area contributed by atoms with Crippen molar-refractivity contribution in [3.05, 3.63) is 89.5 Å². The van der Waals surface area contributed by atoms with Gasteiger partial charge < -0.3 is 4.74 Å². The van der Waals surface area contributed by atoms with Crippen LogP contribution in [0.1, 0.15) is 28.4 Å². The number of sulfonamides is 1. The second kappa shape index (κ2) is 10.6. The Morgan fingerprint density at radius 2 is 1.48 bits per heavy atom. The normalized spacial score (nSPS) is 10.8. The van der Waals surface area contributed by atoms with Crippen LogP contribution < -0.4 is 20.3 Å². The van der Waals surface area contributed by atoms with Crippen LogP contribution in [0.2, 0.25) is 0 Å². The molecule has 8 nitrogen and oxygen atoms in total. The number of anilines is 1. The predicted molar refractivity (Wildman–Crippen MR) is 125 cm³/mol. The average Bonchev–Trinajstić information content (AvgIpc) is 2.80. The lowest BCUT2D eigenvalue weighted by Crippen LogP contribution is -2.42. The van der Waals surface area contributed by atoms with Crippen molar-refractivity contribution >= 4 is 27.5 Å². The van der Waals surface area contributed by atoms with E-state index < -0.39 is 15.9 Å². The molecule has 0 unspecified atom stereocenters. The molecule has 0 saturated heterocycles. The molecule has 0 atom stereocenters. The van der Waals surface area contributed by atoms with Gasteiger partial charge in [-0.15, -0.1) is 0 Å². The van der Waals surface area contributed by atoms with Crippen LogP contribution in [0.4, 0.5) is 5.69 Å². The molecular formula is C24H25N3O5S. The number of carbonyl (C=O) groups is 2. The molecule has 3 aromatic carbocycles. The maximum atomic E-state index is 12.6. The van der Waals surface area contributed by atoms with Crippen LogP contribution in [-0.2, 0) is 21.2 Å². The highest BCUT2D eigenvalue weighted by molar-refractivity contribution is 7.92. The number of hydrazine groups is 1. The standard InChI is InChI=1S/C24H25N3O5S/c1-3-32-21-12-14-22(15-13-21)33(30,31)27-20-10-8-19(9-11-20)24(29)26-25-23(28)16-18-6-4-17(2)5-7-18/h4-15,27H,3,16H2,1-2H3,(H,25,28)(H,26,29). The van der Waals surface area contributed by atoms with E-state index in [-0.39, 0.29) is 22.8 Å². The highest BCUT2D eigenvalue weighted by Crippen LogP contribution is 2.19. The molecule has 172 valence electrons. The summed E-state index contributed by atoms with van der Waals surface area (Å²) in [5, 5.41) is 0. The summed E-state index contributed by atoms with van der Waals surface area (Å²) >= 11 is 0. The fourth-order valence-corrected chi connectivity index (χ4v) is 3.98. The van der Waals surface area contributed by atoms with E-state index in [1.54, 1.807) is 12.1 Å². The second-order valence-corrected chi connectivity index (χ2v) is 8.93. The van der Waals surface area contributed by atoms with Crippen molar-refractivity contribution in [1.29, 1.82) is 0 Å². The molecule has 33 heavy (non-hydrogen) atoms. The number of rotatable bonds is 8. The monoisotopic (exact) mass is 467 g/mol.